The molecule has 0 heterocycles. The number of nitrogens with two attached hydrogens (primary N) is 1. The predicted molar refractivity (Wildman–Crippen MR) is 69.3 cm³/mol. The summed E-state index contributed by atoms with van der Waals surface area (Å²) in [6.45, 7) is 3.56. The molecule has 0 aliphatic carbocycles. The molecule has 0 atom stereocenters. The first-order chi connectivity index (χ1) is 8.46. The predicted octanol–water partition coefficient (Wildman–Crippen LogP) is 0.750. The van der Waals surface area contributed by atoms with Crippen LogP contribution in [0.15, 0.2) is 29.7 Å². The third-order valence-corrected chi connectivity index (χ3v) is 3.67. The number of hydrogen-bond acceptors (Lipinski definition) is 5. The van der Waals surface area contributed by atoms with Crippen LogP contribution in [0.25, 0.3) is 0 Å². The van der Waals surface area contributed by atoms with Crippen molar-refractivity contribution < 1.29 is 17.9 Å². The van der Waals surface area contributed by atoms with Crippen LogP contribution in [0.2, 0.25) is 0 Å². The molecule has 0 saturated heterocycles. The fraction of sp³-hybridized carbons (Fsp3) is 0.273. The van der Waals surface area contributed by atoms with Gasteiger partial charge in [-0.25, -0.2) is 13.1 Å². The number of rotatable bonds is 6. The average molecular weight is 272 g/mol. The maximum absolute atomic E-state index is 12.0. The molecule has 0 unspecified atom stereocenters. The molecule has 0 amide bonds. The lowest BCUT2D eigenvalue weighted by Crippen LogP contribution is -2.24. The Morgan fingerprint density at radius 3 is 2.44 bits per heavy atom. The smallest absolute Gasteiger partial charge is 0.244 e. The third-order valence-electron chi connectivity index (χ3n) is 2.22. The molecular weight excluding hydrogens is 256 g/mol. The summed E-state index contributed by atoms with van der Waals surface area (Å²) in [6, 6.07) is 2.72. The summed E-state index contributed by atoms with van der Waals surface area (Å²) in [5, 5.41) is 0. The van der Waals surface area contributed by atoms with Gasteiger partial charge in [0, 0.05) is 12.6 Å². The van der Waals surface area contributed by atoms with Gasteiger partial charge in [-0.3, -0.25) is 0 Å². The molecule has 7 heteroatoms. The first-order valence-corrected chi connectivity index (χ1v) is 6.56. The fourth-order valence-corrected chi connectivity index (χ4v) is 2.53. The summed E-state index contributed by atoms with van der Waals surface area (Å²) in [7, 11) is -0.882. The van der Waals surface area contributed by atoms with E-state index in [0.717, 1.165) is 0 Å². The summed E-state index contributed by atoms with van der Waals surface area (Å²) >= 11 is 0. The largest absolute Gasteiger partial charge is 0.495 e. The van der Waals surface area contributed by atoms with Crippen LogP contribution in [0.4, 0.5) is 5.69 Å². The van der Waals surface area contributed by atoms with E-state index in [2.05, 4.69) is 11.3 Å². The van der Waals surface area contributed by atoms with Crippen LogP contribution in [-0.4, -0.2) is 29.2 Å². The Morgan fingerprint density at radius 1 is 1.33 bits per heavy atom. The average Bonchev–Trinajstić information content (AvgIpc) is 2.36. The van der Waals surface area contributed by atoms with Gasteiger partial charge in [0.15, 0.2) is 0 Å². The minimum Gasteiger partial charge on any atom is -0.495 e. The Morgan fingerprint density at radius 2 is 1.94 bits per heavy atom. The maximum atomic E-state index is 12.0. The molecular formula is C11H16N2O4S. The zero-order valence-corrected chi connectivity index (χ0v) is 11.1. The molecule has 0 aliphatic heterocycles. The molecule has 0 bridgehead atoms. The molecule has 1 rings (SSSR count). The van der Waals surface area contributed by atoms with Crippen molar-refractivity contribution in [1.82, 2.24) is 4.72 Å². The van der Waals surface area contributed by atoms with Crippen LogP contribution in [0.3, 0.4) is 0 Å². The number of benzene rings is 1. The first kappa shape index (κ1) is 14.3. The zero-order chi connectivity index (χ0) is 13.8. The molecule has 3 N–H and O–H groups in total. The van der Waals surface area contributed by atoms with Crippen molar-refractivity contribution in [2.45, 2.75) is 4.90 Å². The Balaban J connectivity index is 3.31. The molecule has 1 aromatic carbocycles. The number of methoxy groups -OCH3 is 2. The topological polar surface area (TPSA) is 90.7 Å². The first-order valence-electron chi connectivity index (χ1n) is 5.08. The highest BCUT2D eigenvalue weighted by molar-refractivity contribution is 7.89. The molecule has 0 aromatic heterocycles. The quantitative estimate of drug-likeness (QED) is 0.589. The molecule has 6 nitrogen and oxygen atoms in total. The van der Waals surface area contributed by atoms with E-state index in [1.54, 1.807) is 0 Å². The van der Waals surface area contributed by atoms with E-state index in [9.17, 15) is 8.42 Å². The van der Waals surface area contributed by atoms with Crippen LogP contribution in [0.5, 0.6) is 11.5 Å². The standard InChI is InChI=1S/C11H16N2O4S/c1-4-5-13-18(14,15)11-6-8(12)9(16-2)7-10(11)17-3/h4,6-7,13H,1,5,12H2,2-3H3. The van der Waals surface area contributed by atoms with Gasteiger partial charge < -0.3 is 15.2 Å². The van der Waals surface area contributed by atoms with Gasteiger partial charge in [0.25, 0.3) is 0 Å². The van der Waals surface area contributed by atoms with Gasteiger partial charge in [-0.05, 0) is 6.07 Å². The lowest BCUT2D eigenvalue weighted by molar-refractivity contribution is 0.387. The van der Waals surface area contributed by atoms with Gasteiger partial charge in [0.1, 0.15) is 16.4 Å². The third kappa shape index (κ3) is 2.93. The van der Waals surface area contributed by atoms with Crippen molar-refractivity contribution >= 4 is 15.7 Å². The van der Waals surface area contributed by atoms with Crippen LogP contribution in [0.1, 0.15) is 0 Å². The maximum Gasteiger partial charge on any atom is 0.244 e. The number of ether oxygens (including phenoxy) is 2. The number of nitrogen functional groups attached to an aromatic ring is 1. The molecule has 1 aromatic rings. The molecule has 18 heavy (non-hydrogen) atoms. The van der Waals surface area contributed by atoms with E-state index in [4.69, 9.17) is 15.2 Å². The minimum atomic E-state index is -3.69. The Bertz CT molecular complexity index is 540. The zero-order valence-electron chi connectivity index (χ0n) is 10.3. The lowest BCUT2D eigenvalue weighted by Gasteiger charge is -2.13. The van der Waals surface area contributed by atoms with Crippen LogP contribution < -0.4 is 19.9 Å². The second-order valence-corrected chi connectivity index (χ2v) is 5.12. The molecule has 0 radical (unpaired) electrons. The normalized spacial score (nSPS) is 11.0. The summed E-state index contributed by atoms with van der Waals surface area (Å²) < 4.78 is 36.3. The number of nitrogens with one attached hydrogen (secondary N) is 1. The number of hydrogen-bond donors (Lipinski definition) is 2. The second-order valence-electron chi connectivity index (χ2n) is 3.39. The van der Waals surface area contributed by atoms with E-state index in [-0.39, 0.29) is 22.9 Å². The number of anilines is 1. The van der Waals surface area contributed by atoms with Gasteiger partial charge >= 0.3 is 0 Å². The minimum absolute atomic E-state index is 0.0369. The molecule has 0 aliphatic rings. The van der Waals surface area contributed by atoms with Gasteiger partial charge in [-0.2, -0.15) is 0 Å². The van der Waals surface area contributed by atoms with E-state index >= 15 is 0 Å². The van der Waals surface area contributed by atoms with Crippen LogP contribution >= 0.6 is 0 Å². The lowest BCUT2D eigenvalue weighted by atomic mass is 10.3. The van der Waals surface area contributed by atoms with Crippen LogP contribution in [-0.2, 0) is 10.0 Å². The highest BCUT2D eigenvalue weighted by atomic mass is 32.2. The van der Waals surface area contributed by atoms with Gasteiger partial charge in [-0.1, -0.05) is 6.08 Å². The summed E-state index contributed by atoms with van der Waals surface area (Å²) in [6.07, 6.45) is 1.44. The van der Waals surface area contributed by atoms with Crippen molar-refractivity contribution in [1.29, 1.82) is 0 Å². The monoisotopic (exact) mass is 272 g/mol. The van der Waals surface area contributed by atoms with Crippen molar-refractivity contribution in [2.24, 2.45) is 0 Å². The van der Waals surface area contributed by atoms with E-state index in [0.29, 0.717) is 5.75 Å². The highest BCUT2D eigenvalue weighted by Gasteiger charge is 2.21. The summed E-state index contributed by atoms with van der Waals surface area (Å²) in [5.41, 5.74) is 5.91. The van der Waals surface area contributed by atoms with Crippen LogP contribution in [0, 0.1) is 0 Å². The number of sulfonamides is 1. The van der Waals surface area contributed by atoms with Gasteiger partial charge in [-0.15, -0.1) is 6.58 Å². The van der Waals surface area contributed by atoms with E-state index in [1.165, 1.54) is 32.4 Å². The van der Waals surface area contributed by atoms with Crippen molar-refractivity contribution in [2.75, 3.05) is 26.5 Å². The van der Waals surface area contributed by atoms with Crippen molar-refractivity contribution in [3.8, 4) is 11.5 Å². The summed E-state index contributed by atoms with van der Waals surface area (Å²) in [4.78, 5) is -0.0369. The molecule has 0 spiro atoms. The Labute approximate surface area is 106 Å². The van der Waals surface area contributed by atoms with E-state index in [1.807, 2.05) is 0 Å². The van der Waals surface area contributed by atoms with E-state index < -0.39 is 10.0 Å². The highest BCUT2D eigenvalue weighted by Crippen LogP contribution is 2.33. The van der Waals surface area contributed by atoms with Crippen molar-refractivity contribution in [3.63, 3.8) is 0 Å². The second kappa shape index (κ2) is 5.74. The summed E-state index contributed by atoms with van der Waals surface area (Å²) in [5.74, 6) is 0.520. The molecule has 0 fully saturated rings. The Kier molecular flexibility index (Phi) is 4.57. The van der Waals surface area contributed by atoms with Gasteiger partial charge in [0.05, 0.1) is 19.9 Å². The SMILES string of the molecule is C=CCNS(=O)(=O)c1cc(N)c(OC)cc1OC. The van der Waals surface area contributed by atoms with Gasteiger partial charge in [0.2, 0.25) is 10.0 Å². The molecule has 100 valence electrons. The Hall–Kier alpha value is -1.73. The fourth-order valence-electron chi connectivity index (χ4n) is 1.35. The van der Waals surface area contributed by atoms with Crippen molar-refractivity contribution in [3.05, 3.63) is 24.8 Å². The molecule has 0 saturated carbocycles.